The second-order valence-electron chi connectivity index (χ2n) is 6.21. The lowest BCUT2D eigenvalue weighted by molar-refractivity contribution is 0.472. The minimum atomic E-state index is -3.13. The number of anilines is 1. The molecule has 2 aliphatic rings. The van der Waals surface area contributed by atoms with Gasteiger partial charge in [0.1, 0.15) is 0 Å². The summed E-state index contributed by atoms with van der Waals surface area (Å²) in [6.45, 7) is 1.36. The summed E-state index contributed by atoms with van der Waals surface area (Å²) in [5, 5.41) is 3.50. The standard InChI is InChI=1S/C16H22N2O2S/c1-21(19,20)18-10-12-3-6-16(7-4-12)17-11-15-9-13-2-5-14(15)8-13/h2-7,13-15,17-18H,8-11H2,1H3. The summed E-state index contributed by atoms with van der Waals surface area (Å²) in [4.78, 5) is 0. The van der Waals surface area contributed by atoms with Crippen LogP contribution in [0.3, 0.4) is 0 Å². The van der Waals surface area contributed by atoms with Crippen molar-refractivity contribution in [3.05, 3.63) is 42.0 Å². The van der Waals surface area contributed by atoms with Gasteiger partial charge in [-0.15, -0.1) is 0 Å². The molecule has 0 heterocycles. The zero-order valence-corrected chi connectivity index (χ0v) is 13.1. The van der Waals surface area contributed by atoms with Crippen LogP contribution in [0.5, 0.6) is 0 Å². The minimum Gasteiger partial charge on any atom is -0.385 e. The van der Waals surface area contributed by atoms with Gasteiger partial charge in [0, 0.05) is 18.8 Å². The molecule has 3 rings (SSSR count). The highest BCUT2D eigenvalue weighted by Gasteiger charge is 2.35. The Hall–Kier alpha value is -1.33. The van der Waals surface area contributed by atoms with Gasteiger partial charge in [-0.05, 0) is 48.3 Å². The summed E-state index contributed by atoms with van der Waals surface area (Å²) in [6, 6.07) is 7.95. The maximum absolute atomic E-state index is 11.1. The second kappa shape index (κ2) is 5.81. The highest BCUT2D eigenvalue weighted by Crippen LogP contribution is 2.43. The summed E-state index contributed by atoms with van der Waals surface area (Å²) in [5.74, 6) is 2.33. The van der Waals surface area contributed by atoms with E-state index in [1.54, 1.807) is 0 Å². The lowest BCUT2D eigenvalue weighted by Crippen LogP contribution is -2.21. The van der Waals surface area contributed by atoms with Crippen molar-refractivity contribution in [3.63, 3.8) is 0 Å². The summed E-state index contributed by atoms with van der Waals surface area (Å²) >= 11 is 0. The normalized spacial score (nSPS) is 27.2. The Morgan fingerprint density at radius 3 is 2.48 bits per heavy atom. The Balaban J connectivity index is 1.49. The van der Waals surface area contributed by atoms with E-state index < -0.39 is 10.0 Å². The smallest absolute Gasteiger partial charge is 0.209 e. The molecular weight excluding hydrogens is 284 g/mol. The Labute approximate surface area is 126 Å². The Bertz CT molecular complexity index is 622. The Morgan fingerprint density at radius 1 is 1.14 bits per heavy atom. The largest absolute Gasteiger partial charge is 0.385 e. The molecule has 1 fully saturated rings. The third-order valence-corrected chi connectivity index (χ3v) is 5.15. The molecule has 1 saturated carbocycles. The van der Waals surface area contributed by atoms with Gasteiger partial charge in [-0.1, -0.05) is 24.3 Å². The van der Waals surface area contributed by atoms with Crippen LogP contribution in [0.4, 0.5) is 5.69 Å². The SMILES string of the molecule is CS(=O)(=O)NCc1ccc(NCC2CC3C=CC2C3)cc1. The lowest BCUT2D eigenvalue weighted by atomic mass is 9.93. The topological polar surface area (TPSA) is 58.2 Å². The molecule has 0 aliphatic heterocycles. The zero-order chi connectivity index (χ0) is 14.9. The van der Waals surface area contributed by atoms with Crippen molar-refractivity contribution >= 4 is 15.7 Å². The average Bonchev–Trinajstić information content (AvgIpc) is 3.05. The number of allylic oxidation sites excluding steroid dienone is 2. The molecule has 21 heavy (non-hydrogen) atoms. The minimum absolute atomic E-state index is 0.344. The predicted molar refractivity (Wildman–Crippen MR) is 85.5 cm³/mol. The molecule has 2 N–H and O–H groups in total. The van der Waals surface area contributed by atoms with Gasteiger partial charge in [0.25, 0.3) is 0 Å². The highest BCUT2D eigenvalue weighted by molar-refractivity contribution is 7.88. The molecule has 1 aromatic carbocycles. The van der Waals surface area contributed by atoms with Crippen molar-refractivity contribution in [1.29, 1.82) is 0 Å². The number of nitrogens with one attached hydrogen (secondary N) is 2. The number of benzene rings is 1. The maximum Gasteiger partial charge on any atom is 0.209 e. The number of sulfonamides is 1. The van der Waals surface area contributed by atoms with Crippen LogP contribution in [0.15, 0.2) is 36.4 Å². The number of rotatable bonds is 6. The van der Waals surface area contributed by atoms with Gasteiger partial charge in [-0.3, -0.25) is 0 Å². The molecule has 114 valence electrons. The van der Waals surface area contributed by atoms with Crippen LogP contribution in [0.2, 0.25) is 0 Å². The Kier molecular flexibility index (Phi) is 4.04. The van der Waals surface area contributed by atoms with Crippen molar-refractivity contribution in [3.8, 4) is 0 Å². The molecule has 1 aromatic rings. The molecule has 0 spiro atoms. The van der Waals surface area contributed by atoms with Gasteiger partial charge in [0.2, 0.25) is 10.0 Å². The van der Waals surface area contributed by atoms with E-state index in [2.05, 4.69) is 22.2 Å². The molecule has 3 unspecified atom stereocenters. The van der Waals surface area contributed by atoms with Gasteiger partial charge < -0.3 is 5.32 Å². The first-order valence-corrected chi connectivity index (χ1v) is 9.34. The summed E-state index contributed by atoms with van der Waals surface area (Å²) < 4.78 is 24.6. The quantitative estimate of drug-likeness (QED) is 0.793. The van der Waals surface area contributed by atoms with Crippen LogP contribution in [-0.2, 0) is 16.6 Å². The van der Waals surface area contributed by atoms with Gasteiger partial charge in [-0.25, -0.2) is 13.1 Å². The van der Waals surface area contributed by atoms with E-state index in [1.807, 2.05) is 24.3 Å². The van der Waals surface area contributed by atoms with Crippen molar-refractivity contribution in [1.82, 2.24) is 4.72 Å². The third kappa shape index (κ3) is 3.86. The lowest BCUT2D eigenvalue weighted by Gasteiger charge is -2.19. The van der Waals surface area contributed by atoms with E-state index >= 15 is 0 Å². The maximum atomic E-state index is 11.1. The summed E-state index contributed by atoms with van der Waals surface area (Å²) in [5.41, 5.74) is 2.07. The van der Waals surface area contributed by atoms with Gasteiger partial charge >= 0.3 is 0 Å². The molecular formula is C16H22N2O2S. The highest BCUT2D eigenvalue weighted by atomic mass is 32.2. The van der Waals surface area contributed by atoms with Crippen molar-refractivity contribution in [2.45, 2.75) is 19.4 Å². The summed E-state index contributed by atoms with van der Waals surface area (Å²) in [7, 11) is -3.13. The van der Waals surface area contributed by atoms with Crippen LogP contribution in [0.25, 0.3) is 0 Å². The van der Waals surface area contributed by atoms with Crippen molar-refractivity contribution in [2.24, 2.45) is 17.8 Å². The Morgan fingerprint density at radius 2 is 1.90 bits per heavy atom. The molecule has 5 heteroatoms. The first-order chi connectivity index (χ1) is 9.99. The first-order valence-electron chi connectivity index (χ1n) is 7.45. The zero-order valence-electron chi connectivity index (χ0n) is 12.2. The molecule has 0 radical (unpaired) electrons. The third-order valence-electron chi connectivity index (χ3n) is 4.48. The van der Waals surface area contributed by atoms with E-state index in [0.717, 1.165) is 35.5 Å². The first kappa shape index (κ1) is 14.6. The van der Waals surface area contributed by atoms with Crippen molar-refractivity contribution in [2.75, 3.05) is 18.1 Å². The molecule has 0 aromatic heterocycles. The monoisotopic (exact) mass is 306 g/mol. The number of hydrogen-bond donors (Lipinski definition) is 2. The van der Waals surface area contributed by atoms with E-state index in [9.17, 15) is 8.42 Å². The van der Waals surface area contributed by atoms with E-state index in [-0.39, 0.29) is 0 Å². The van der Waals surface area contributed by atoms with Crippen LogP contribution >= 0.6 is 0 Å². The molecule has 0 amide bonds. The molecule has 4 nitrogen and oxygen atoms in total. The average molecular weight is 306 g/mol. The number of fused-ring (bicyclic) bond motifs is 2. The number of hydrogen-bond acceptors (Lipinski definition) is 3. The van der Waals surface area contributed by atoms with Crippen molar-refractivity contribution < 1.29 is 8.42 Å². The van der Waals surface area contributed by atoms with Gasteiger partial charge in [0.15, 0.2) is 0 Å². The second-order valence-corrected chi connectivity index (χ2v) is 8.04. The van der Waals surface area contributed by atoms with Crippen LogP contribution in [0.1, 0.15) is 18.4 Å². The van der Waals surface area contributed by atoms with E-state index in [0.29, 0.717) is 6.54 Å². The fourth-order valence-corrected chi connectivity index (χ4v) is 3.76. The van der Waals surface area contributed by atoms with Crippen LogP contribution in [0, 0.1) is 17.8 Å². The van der Waals surface area contributed by atoms with Crippen LogP contribution < -0.4 is 10.0 Å². The van der Waals surface area contributed by atoms with E-state index in [1.165, 1.54) is 19.1 Å². The molecule has 2 aliphatic carbocycles. The van der Waals surface area contributed by atoms with E-state index in [4.69, 9.17) is 0 Å². The predicted octanol–water partition coefficient (Wildman–Crippen LogP) is 2.36. The van der Waals surface area contributed by atoms with Crippen LogP contribution in [-0.4, -0.2) is 21.2 Å². The fourth-order valence-electron chi connectivity index (χ4n) is 3.33. The molecule has 2 bridgehead atoms. The van der Waals surface area contributed by atoms with Gasteiger partial charge in [-0.2, -0.15) is 0 Å². The molecule has 0 saturated heterocycles. The van der Waals surface area contributed by atoms with Gasteiger partial charge in [0.05, 0.1) is 6.26 Å². The summed E-state index contributed by atoms with van der Waals surface area (Å²) in [6.07, 6.45) is 8.56. The molecule has 3 atom stereocenters. The fraction of sp³-hybridized carbons (Fsp3) is 0.500.